The summed E-state index contributed by atoms with van der Waals surface area (Å²) >= 11 is 0. The van der Waals surface area contributed by atoms with Crippen molar-refractivity contribution in [1.82, 2.24) is 18.9 Å². The third-order valence-electron chi connectivity index (χ3n) is 5.10. The summed E-state index contributed by atoms with van der Waals surface area (Å²) in [6.45, 7) is 17.2. The molecule has 2 aromatic heterocycles. The van der Waals surface area contributed by atoms with E-state index in [0.29, 0.717) is 0 Å². The molecule has 0 atom stereocenters. The standard InChI is InChI=1S/C19H28N4.2ClH/c1-7-21(8-2)12-18-15(6)20-19-22(9-3)16-10-13(4)14(5)11-17(16)23(18)19;;/h10-11H,7-9,12H2,1-6H3;2*1H. The summed E-state index contributed by atoms with van der Waals surface area (Å²) in [5, 5.41) is 0. The molecular weight excluding hydrogens is 355 g/mol. The van der Waals surface area contributed by atoms with Gasteiger partial charge in [0.1, 0.15) is 0 Å². The third-order valence-corrected chi connectivity index (χ3v) is 5.10. The van der Waals surface area contributed by atoms with Crippen LogP contribution >= 0.6 is 24.8 Å². The lowest BCUT2D eigenvalue weighted by Crippen LogP contribution is -2.23. The Morgan fingerprint density at radius 2 is 1.48 bits per heavy atom. The highest BCUT2D eigenvalue weighted by atomic mass is 35.5. The first kappa shape index (κ1) is 21.8. The first-order valence-electron chi connectivity index (χ1n) is 8.71. The molecule has 0 spiro atoms. The molecule has 3 rings (SSSR count). The van der Waals surface area contributed by atoms with Gasteiger partial charge < -0.3 is 4.57 Å². The normalized spacial score (nSPS) is 11.2. The van der Waals surface area contributed by atoms with Crippen LogP contribution in [0.1, 0.15) is 43.3 Å². The van der Waals surface area contributed by atoms with Crippen LogP contribution in [0.15, 0.2) is 12.1 Å². The van der Waals surface area contributed by atoms with Gasteiger partial charge in [0.25, 0.3) is 0 Å². The van der Waals surface area contributed by atoms with Crippen LogP contribution in [0.5, 0.6) is 0 Å². The fraction of sp³-hybridized carbons (Fsp3) is 0.526. The fourth-order valence-corrected chi connectivity index (χ4v) is 3.43. The average molecular weight is 385 g/mol. The molecule has 2 heterocycles. The molecule has 0 unspecified atom stereocenters. The molecule has 0 radical (unpaired) electrons. The average Bonchev–Trinajstić information content (AvgIpc) is 2.99. The van der Waals surface area contributed by atoms with E-state index in [1.54, 1.807) is 0 Å². The smallest absolute Gasteiger partial charge is 0.215 e. The lowest BCUT2D eigenvalue weighted by atomic mass is 10.1. The maximum absolute atomic E-state index is 4.90. The predicted octanol–water partition coefficient (Wildman–Crippen LogP) is 4.92. The van der Waals surface area contributed by atoms with Crippen molar-refractivity contribution in [3.05, 3.63) is 34.6 Å². The van der Waals surface area contributed by atoms with Gasteiger partial charge in [0.15, 0.2) is 0 Å². The largest absolute Gasteiger partial charge is 0.310 e. The van der Waals surface area contributed by atoms with Gasteiger partial charge in [0.05, 0.1) is 22.4 Å². The highest BCUT2D eigenvalue weighted by molar-refractivity contribution is 5.85. The Kier molecular flexibility index (Phi) is 7.36. The monoisotopic (exact) mass is 384 g/mol. The van der Waals surface area contributed by atoms with Gasteiger partial charge in [-0.25, -0.2) is 4.98 Å². The molecule has 0 aliphatic heterocycles. The molecular formula is C19H30Cl2N4. The lowest BCUT2D eigenvalue weighted by Gasteiger charge is -2.18. The van der Waals surface area contributed by atoms with Crippen molar-refractivity contribution in [3.8, 4) is 0 Å². The molecule has 4 nitrogen and oxygen atoms in total. The molecule has 0 amide bonds. The number of imidazole rings is 2. The number of nitrogens with zero attached hydrogens (tertiary/aromatic N) is 4. The Bertz CT molecular complexity index is 860. The zero-order valence-electron chi connectivity index (χ0n) is 16.1. The Hall–Kier alpha value is -1.23. The molecule has 25 heavy (non-hydrogen) atoms. The second-order valence-electron chi connectivity index (χ2n) is 6.41. The van der Waals surface area contributed by atoms with Gasteiger partial charge in [-0.3, -0.25) is 9.30 Å². The van der Waals surface area contributed by atoms with E-state index in [0.717, 1.165) is 37.7 Å². The Balaban J connectivity index is 0.00000156. The molecule has 0 aliphatic carbocycles. The van der Waals surface area contributed by atoms with Crippen molar-refractivity contribution in [1.29, 1.82) is 0 Å². The van der Waals surface area contributed by atoms with E-state index in [9.17, 15) is 0 Å². The molecule has 140 valence electrons. The highest BCUT2D eigenvalue weighted by Gasteiger charge is 2.19. The van der Waals surface area contributed by atoms with E-state index >= 15 is 0 Å². The summed E-state index contributed by atoms with van der Waals surface area (Å²) < 4.78 is 4.71. The molecule has 6 heteroatoms. The Morgan fingerprint density at radius 1 is 0.920 bits per heavy atom. The topological polar surface area (TPSA) is 25.5 Å². The Morgan fingerprint density at radius 3 is 2.00 bits per heavy atom. The molecule has 0 saturated heterocycles. The van der Waals surface area contributed by atoms with Gasteiger partial charge in [-0.15, -0.1) is 24.8 Å². The van der Waals surface area contributed by atoms with E-state index in [-0.39, 0.29) is 24.8 Å². The summed E-state index contributed by atoms with van der Waals surface area (Å²) in [5.74, 6) is 1.08. The minimum absolute atomic E-state index is 0. The van der Waals surface area contributed by atoms with Crippen molar-refractivity contribution in [3.63, 3.8) is 0 Å². The first-order valence-corrected chi connectivity index (χ1v) is 8.71. The number of aromatic nitrogens is 3. The lowest BCUT2D eigenvalue weighted by molar-refractivity contribution is 0.291. The van der Waals surface area contributed by atoms with Crippen LogP contribution in [-0.2, 0) is 13.1 Å². The van der Waals surface area contributed by atoms with Crippen molar-refractivity contribution in [2.45, 2.75) is 54.6 Å². The zero-order chi connectivity index (χ0) is 16.7. The maximum Gasteiger partial charge on any atom is 0.215 e. The predicted molar refractivity (Wildman–Crippen MR) is 112 cm³/mol. The molecule has 0 saturated carbocycles. The van der Waals surface area contributed by atoms with Crippen molar-refractivity contribution >= 4 is 41.6 Å². The SMILES string of the molecule is CCN(CC)Cc1c(C)nc2n(CC)c3cc(C)c(C)cc3n12.Cl.Cl. The summed E-state index contributed by atoms with van der Waals surface area (Å²) in [5.41, 5.74) is 7.73. The van der Waals surface area contributed by atoms with E-state index < -0.39 is 0 Å². The summed E-state index contributed by atoms with van der Waals surface area (Å²) in [4.78, 5) is 7.35. The second-order valence-corrected chi connectivity index (χ2v) is 6.41. The summed E-state index contributed by atoms with van der Waals surface area (Å²) in [6, 6.07) is 4.62. The summed E-state index contributed by atoms with van der Waals surface area (Å²) in [7, 11) is 0. The van der Waals surface area contributed by atoms with Crippen molar-refractivity contribution < 1.29 is 0 Å². The maximum atomic E-state index is 4.90. The van der Waals surface area contributed by atoms with Crippen LogP contribution in [0.3, 0.4) is 0 Å². The van der Waals surface area contributed by atoms with E-state index in [2.05, 4.69) is 67.5 Å². The number of rotatable bonds is 5. The minimum Gasteiger partial charge on any atom is -0.310 e. The first-order chi connectivity index (χ1) is 11.0. The van der Waals surface area contributed by atoms with Gasteiger partial charge in [0.2, 0.25) is 5.78 Å². The third kappa shape index (κ3) is 3.53. The van der Waals surface area contributed by atoms with Gasteiger partial charge in [-0.1, -0.05) is 13.8 Å². The highest BCUT2D eigenvalue weighted by Crippen LogP contribution is 2.27. The zero-order valence-corrected chi connectivity index (χ0v) is 17.7. The van der Waals surface area contributed by atoms with Crippen LogP contribution in [0.4, 0.5) is 0 Å². The van der Waals surface area contributed by atoms with Crippen LogP contribution < -0.4 is 0 Å². The van der Waals surface area contributed by atoms with Crippen LogP contribution in [-0.4, -0.2) is 31.9 Å². The van der Waals surface area contributed by atoms with Crippen LogP contribution in [0.2, 0.25) is 0 Å². The number of benzene rings is 1. The van der Waals surface area contributed by atoms with Gasteiger partial charge in [0, 0.05) is 13.1 Å². The number of fused-ring (bicyclic) bond motifs is 3. The molecule has 3 aromatic rings. The second kappa shape index (κ2) is 8.43. The molecule has 1 aromatic carbocycles. The number of hydrogen-bond donors (Lipinski definition) is 0. The van der Waals surface area contributed by atoms with Crippen LogP contribution in [0.25, 0.3) is 16.8 Å². The molecule has 0 aliphatic rings. The summed E-state index contributed by atoms with van der Waals surface area (Å²) in [6.07, 6.45) is 0. The number of halogens is 2. The quantitative estimate of drug-likeness (QED) is 0.623. The van der Waals surface area contributed by atoms with Crippen molar-refractivity contribution in [2.24, 2.45) is 0 Å². The van der Waals surface area contributed by atoms with Gasteiger partial charge >= 0.3 is 0 Å². The molecule has 0 N–H and O–H groups in total. The molecule has 0 bridgehead atoms. The Labute approximate surface area is 163 Å². The van der Waals surface area contributed by atoms with E-state index in [4.69, 9.17) is 4.98 Å². The van der Waals surface area contributed by atoms with Gasteiger partial charge in [-0.2, -0.15) is 0 Å². The van der Waals surface area contributed by atoms with Crippen LogP contribution in [0, 0.1) is 20.8 Å². The minimum atomic E-state index is 0. The number of aryl methyl sites for hydroxylation is 4. The number of hydrogen-bond acceptors (Lipinski definition) is 2. The molecule has 0 fully saturated rings. The van der Waals surface area contributed by atoms with E-state index in [1.165, 1.54) is 27.9 Å². The van der Waals surface area contributed by atoms with E-state index in [1.807, 2.05) is 0 Å². The fourth-order valence-electron chi connectivity index (χ4n) is 3.43. The van der Waals surface area contributed by atoms with Crippen molar-refractivity contribution in [2.75, 3.05) is 13.1 Å². The van der Waals surface area contributed by atoms with Gasteiger partial charge in [-0.05, 0) is 64.0 Å².